The van der Waals surface area contributed by atoms with Gasteiger partial charge < -0.3 is 10.0 Å². The molecule has 1 saturated heterocycles. The lowest BCUT2D eigenvalue weighted by Gasteiger charge is -2.46. The minimum absolute atomic E-state index is 0.0607. The van der Waals surface area contributed by atoms with Crippen LogP contribution in [0.3, 0.4) is 0 Å². The molecular weight excluding hydrogens is 332 g/mol. The number of aryl methyl sites for hydroxylation is 1. The Balaban J connectivity index is 1.51. The Morgan fingerprint density at radius 1 is 1.16 bits per heavy atom. The Kier molecular flexibility index (Phi) is 3.90. The van der Waals surface area contributed by atoms with Crippen LogP contribution in [0.25, 0.3) is 11.3 Å². The Bertz CT molecular complexity index is 914. The van der Waals surface area contributed by atoms with E-state index in [1.165, 1.54) is 0 Å². The standard InChI is InChI=1S/C20H18N2O2S/c1-14-21-18(11-25-14)15-6-5-7-16(10-15)19(23)22-12-20(24,13-22)17-8-3-2-4-9-17/h2-11,24H,12-13H2,1H3. The second kappa shape index (κ2) is 6.10. The first-order chi connectivity index (χ1) is 12.0. The molecule has 0 aliphatic carbocycles. The van der Waals surface area contributed by atoms with Crippen LogP contribution in [0, 0.1) is 6.92 Å². The van der Waals surface area contributed by atoms with Crippen molar-refractivity contribution in [2.24, 2.45) is 0 Å². The highest BCUT2D eigenvalue weighted by atomic mass is 32.1. The van der Waals surface area contributed by atoms with Crippen molar-refractivity contribution in [2.75, 3.05) is 13.1 Å². The maximum Gasteiger partial charge on any atom is 0.254 e. The number of thiazole rings is 1. The molecule has 0 radical (unpaired) electrons. The molecule has 1 aliphatic heterocycles. The fourth-order valence-corrected chi connectivity index (χ4v) is 3.77. The van der Waals surface area contributed by atoms with Gasteiger partial charge in [-0.3, -0.25) is 4.79 Å². The van der Waals surface area contributed by atoms with Gasteiger partial charge in [0.1, 0.15) is 5.60 Å². The molecule has 0 unspecified atom stereocenters. The van der Waals surface area contributed by atoms with E-state index in [9.17, 15) is 9.90 Å². The van der Waals surface area contributed by atoms with Crippen LogP contribution in [0.5, 0.6) is 0 Å². The SMILES string of the molecule is Cc1nc(-c2cccc(C(=O)N3CC(O)(c4ccccc4)C3)c2)cs1. The molecule has 3 aromatic rings. The lowest BCUT2D eigenvalue weighted by molar-refractivity contribution is -0.0863. The molecule has 1 amide bonds. The third kappa shape index (κ3) is 2.97. The number of likely N-dealkylation sites (tertiary alicyclic amines) is 1. The zero-order valence-corrected chi connectivity index (χ0v) is 14.7. The van der Waals surface area contributed by atoms with Crippen molar-refractivity contribution in [1.82, 2.24) is 9.88 Å². The van der Waals surface area contributed by atoms with Crippen molar-refractivity contribution < 1.29 is 9.90 Å². The number of hydrogen-bond acceptors (Lipinski definition) is 4. The number of hydrogen-bond donors (Lipinski definition) is 1. The molecule has 0 saturated carbocycles. The minimum Gasteiger partial charge on any atom is -0.381 e. The number of β-amino-alcohol motifs (C(OH)–C–C–N with tert-alkyl or cyclic N) is 1. The van der Waals surface area contributed by atoms with E-state index in [4.69, 9.17) is 0 Å². The molecule has 0 bridgehead atoms. The van der Waals surface area contributed by atoms with Gasteiger partial charge in [0.05, 0.1) is 23.8 Å². The van der Waals surface area contributed by atoms with Gasteiger partial charge in [0.25, 0.3) is 5.91 Å². The van der Waals surface area contributed by atoms with E-state index in [-0.39, 0.29) is 5.91 Å². The average molecular weight is 350 g/mol. The van der Waals surface area contributed by atoms with Gasteiger partial charge in [0.2, 0.25) is 0 Å². The summed E-state index contributed by atoms with van der Waals surface area (Å²) in [5.41, 5.74) is 2.36. The number of carbonyl (C=O) groups excluding carboxylic acids is 1. The number of rotatable bonds is 3. The molecule has 2 aromatic carbocycles. The van der Waals surface area contributed by atoms with E-state index in [2.05, 4.69) is 4.98 Å². The summed E-state index contributed by atoms with van der Waals surface area (Å²) in [5, 5.41) is 13.7. The quantitative estimate of drug-likeness (QED) is 0.787. The molecule has 1 aromatic heterocycles. The van der Waals surface area contributed by atoms with E-state index in [1.807, 2.05) is 66.9 Å². The molecule has 4 nitrogen and oxygen atoms in total. The van der Waals surface area contributed by atoms with Gasteiger partial charge in [0, 0.05) is 16.5 Å². The highest BCUT2D eigenvalue weighted by Gasteiger charge is 2.45. The van der Waals surface area contributed by atoms with Crippen molar-refractivity contribution in [3.8, 4) is 11.3 Å². The third-order valence-electron chi connectivity index (χ3n) is 4.53. The summed E-state index contributed by atoms with van der Waals surface area (Å²) < 4.78 is 0. The summed E-state index contributed by atoms with van der Waals surface area (Å²) in [6.07, 6.45) is 0. The van der Waals surface area contributed by atoms with Crippen LogP contribution in [-0.2, 0) is 5.60 Å². The van der Waals surface area contributed by atoms with Crippen LogP contribution in [0.1, 0.15) is 20.9 Å². The maximum absolute atomic E-state index is 12.7. The topological polar surface area (TPSA) is 53.4 Å². The number of carbonyl (C=O) groups is 1. The Morgan fingerprint density at radius 2 is 1.92 bits per heavy atom. The lowest BCUT2D eigenvalue weighted by atomic mass is 9.85. The molecule has 4 rings (SSSR count). The zero-order chi connectivity index (χ0) is 17.4. The van der Waals surface area contributed by atoms with Crippen LogP contribution in [0.2, 0.25) is 0 Å². The number of aliphatic hydroxyl groups is 1. The van der Waals surface area contributed by atoms with Crippen LogP contribution in [0.15, 0.2) is 60.0 Å². The van der Waals surface area contributed by atoms with Crippen LogP contribution in [-0.4, -0.2) is 34.0 Å². The lowest BCUT2D eigenvalue weighted by Crippen LogP contribution is -2.61. The van der Waals surface area contributed by atoms with E-state index < -0.39 is 5.60 Å². The zero-order valence-electron chi connectivity index (χ0n) is 13.8. The minimum atomic E-state index is -0.944. The number of amides is 1. The van der Waals surface area contributed by atoms with E-state index in [0.29, 0.717) is 18.7 Å². The van der Waals surface area contributed by atoms with E-state index >= 15 is 0 Å². The third-order valence-corrected chi connectivity index (χ3v) is 5.30. The highest BCUT2D eigenvalue weighted by Crippen LogP contribution is 2.33. The van der Waals surface area contributed by atoms with Gasteiger partial charge >= 0.3 is 0 Å². The Labute approximate surface area is 150 Å². The highest BCUT2D eigenvalue weighted by molar-refractivity contribution is 7.09. The van der Waals surface area contributed by atoms with Crippen LogP contribution in [0.4, 0.5) is 0 Å². The smallest absolute Gasteiger partial charge is 0.254 e. The molecule has 1 fully saturated rings. The van der Waals surface area contributed by atoms with Gasteiger partial charge in [-0.1, -0.05) is 42.5 Å². The van der Waals surface area contributed by atoms with Crippen LogP contribution < -0.4 is 0 Å². The normalized spacial score (nSPS) is 15.7. The first-order valence-corrected chi connectivity index (χ1v) is 9.03. The molecule has 0 spiro atoms. The molecule has 126 valence electrons. The predicted molar refractivity (Wildman–Crippen MR) is 98.5 cm³/mol. The largest absolute Gasteiger partial charge is 0.381 e. The monoisotopic (exact) mass is 350 g/mol. The summed E-state index contributed by atoms with van der Waals surface area (Å²) in [7, 11) is 0. The van der Waals surface area contributed by atoms with Gasteiger partial charge in [-0.15, -0.1) is 11.3 Å². The molecular formula is C20H18N2O2S. The number of benzene rings is 2. The summed E-state index contributed by atoms with van der Waals surface area (Å²) in [4.78, 5) is 18.9. The molecule has 5 heteroatoms. The number of aromatic nitrogens is 1. The van der Waals surface area contributed by atoms with Gasteiger partial charge in [0.15, 0.2) is 0 Å². The fraction of sp³-hybridized carbons (Fsp3) is 0.200. The summed E-state index contributed by atoms with van der Waals surface area (Å²) in [6.45, 7) is 2.60. The van der Waals surface area contributed by atoms with Gasteiger partial charge in [-0.2, -0.15) is 0 Å². The van der Waals surface area contributed by atoms with Crippen molar-refractivity contribution in [3.05, 3.63) is 76.1 Å². The van der Waals surface area contributed by atoms with E-state index in [1.54, 1.807) is 16.2 Å². The predicted octanol–water partition coefficient (Wildman–Crippen LogP) is 3.46. The van der Waals surface area contributed by atoms with Crippen molar-refractivity contribution >= 4 is 17.2 Å². The molecule has 2 heterocycles. The first kappa shape index (κ1) is 16.0. The van der Waals surface area contributed by atoms with Crippen molar-refractivity contribution in [2.45, 2.75) is 12.5 Å². The van der Waals surface area contributed by atoms with Crippen molar-refractivity contribution in [3.63, 3.8) is 0 Å². The maximum atomic E-state index is 12.7. The number of nitrogens with zero attached hydrogens (tertiary/aromatic N) is 2. The fourth-order valence-electron chi connectivity index (χ4n) is 3.15. The first-order valence-electron chi connectivity index (χ1n) is 8.15. The van der Waals surface area contributed by atoms with Gasteiger partial charge in [-0.25, -0.2) is 4.98 Å². The summed E-state index contributed by atoms with van der Waals surface area (Å²) in [5.74, 6) is -0.0607. The molecule has 1 N–H and O–H groups in total. The van der Waals surface area contributed by atoms with Crippen molar-refractivity contribution in [1.29, 1.82) is 0 Å². The van der Waals surface area contributed by atoms with E-state index in [0.717, 1.165) is 21.8 Å². The Morgan fingerprint density at radius 3 is 2.60 bits per heavy atom. The molecule has 0 atom stereocenters. The van der Waals surface area contributed by atoms with Gasteiger partial charge in [-0.05, 0) is 24.6 Å². The Hall–Kier alpha value is -2.50. The molecule has 1 aliphatic rings. The second-order valence-corrected chi connectivity index (χ2v) is 7.45. The second-order valence-electron chi connectivity index (χ2n) is 6.39. The summed E-state index contributed by atoms with van der Waals surface area (Å²) >= 11 is 1.59. The molecule has 25 heavy (non-hydrogen) atoms. The summed E-state index contributed by atoms with van der Waals surface area (Å²) in [6, 6.07) is 17.0. The average Bonchev–Trinajstić information content (AvgIpc) is 3.06. The van der Waals surface area contributed by atoms with Crippen LogP contribution >= 0.6 is 11.3 Å².